The van der Waals surface area contributed by atoms with Crippen molar-refractivity contribution >= 4 is 0 Å². The molecular weight excluding hydrogens is 256 g/mol. The largest absolute Gasteiger partial charge is 0.370 e. The predicted molar refractivity (Wildman–Crippen MR) is 81.8 cm³/mol. The molecule has 1 atom stereocenters. The zero-order chi connectivity index (χ0) is 15.3. The molecule has 122 valence electrons. The molecule has 0 fully saturated rings. The fourth-order valence-electron chi connectivity index (χ4n) is 2.43. The van der Waals surface area contributed by atoms with Crippen molar-refractivity contribution in [3.63, 3.8) is 0 Å². The van der Waals surface area contributed by atoms with Gasteiger partial charge >= 0.3 is 5.97 Å². The first-order valence-electron chi connectivity index (χ1n) is 8.06. The Kier molecular flexibility index (Phi) is 12.5. The van der Waals surface area contributed by atoms with E-state index >= 15 is 0 Å². The van der Waals surface area contributed by atoms with E-state index in [1.807, 2.05) is 13.8 Å². The highest BCUT2D eigenvalue weighted by molar-refractivity contribution is 4.72. The van der Waals surface area contributed by atoms with Gasteiger partial charge in [-0.15, -0.1) is 0 Å². The van der Waals surface area contributed by atoms with Crippen LogP contribution < -0.4 is 0 Å². The zero-order valence-corrected chi connectivity index (χ0v) is 14.1. The van der Waals surface area contributed by atoms with Gasteiger partial charge in [0.25, 0.3) is 0 Å². The summed E-state index contributed by atoms with van der Waals surface area (Å²) in [7, 11) is 3.21. The van der Waals surface area contributed by atoms with Crippen molar-refractivity contribution in [2.75, 3.05) is 27.4 Å². The molecule has 1 unspecified atom stereocenters. The molecule has 0 bridgehead atoms. The van der Waals surface area contributed by atoms with Gasteiger partial charge in [-0.3, -0.25) is 0 Å². The van der Waals surface area contributed by atoms with E-state index in [-0.39, 0.29) is 6.10 Å². The van der Waals surface area contributed by atoms with Gasteiger partial charge in [-0.25, -0.2) is 0 Å². The van der Waals surface area contributed by atoms with Crippen LogP contribution in [0.4, 0.5) is 0 Å². The molecule has 0 aliphatic heterocycles. The third-order valence-electron chi connectivity index (χ3n) is 3.50. The van der Waals surface area contributed by atoms with Gasteiger partial charge in [-0.2, -0.15) is 0 Å². The lowest BCUT2D eigenvalue weighted by Crippen LogP contribution is -2.50. The molecule has 0 rings (SSSR count). The molecular formula is C16H34O4. The summed E-state index contributed by atoms with van der Waals surface area (Å²) in [4.78, 5) is 0. The summed E-state index contributed by atoms with van der Waals surface area (Å²) in [5.41, 5.74) is 0. The van der Waals surface area contributed by atoms with Crippen LogP contribution >= 0.6 is 0 Å². The first-order valence-corrected chi connectivity index (χ1v) is 8.06. The second-order valence-corrected chi connectivity index (χ2v) is 4.95. The molecule has 0 aromatic rings. The van der Waals surface area contributed by atoms with E-state index < -0.39 is 5.97 Å². The molecule has 0 aliphatic carbocycles. The second kappa shape index (κ2) is 12.6. The lowest BCUT2D eigenvalue weighted by atomic mass is 10.1. The average molecular weight is 290 g/mol. The van der Waals surface area contributed by atoms with E-state index in [9.17, 15) is 0 Å². The quantitative estimate of drug-likeness (QED) is 0.356. The second-order valence-electron chi connectivity index (χ2n) is 4.95. The summed E-state index contributed by atoms with van der Waals surface area (Å²) in [5.74, 6) is -1.08. The van der Waals surface area contributed by atoms with Gasteiger partial charge in [0, 0.05) is 27.4 Å². The van der Waals surface area contributed by atoms with Gasteiger partial charge in [0.15, 0.2) is 0 Å². The minimum absolute atomic E-state index is 0.186. The van der Waals surface area contributed by atoms with Gasteiger partial charge in [0.1, 0.15) is 6.10 Å². The average Bonchev–Trinajstić information content (AvgIpc) is 2.47. The van der Waals surface area contributed by atoms with Gasteiger partial charge in [0.05, 0.1) is 0 Å². The number of hydrogen-bond donors (Lipinski definition) is 0. The number of unbranched alkanes of at least 4 members (excludes halogenated alkanes) is 5. The predicted octanol–water partition coefficient (Wildman–Crippen LogP) is 4.13. The number of methoxy groups -OCH3 is 2. The molecule has 0 saturated heterocycles. The smallest absolute Gasteiger partial charge is 0.310 e. The minimum atomic E-state index is -1.08. The van der Waals surface area contributed by atoms with Gasteiger partial charge < -0.3 is 18.9 Å². The van der Waals surface area contributed by atoms with Gasteiger partial charge in [-0.1, -0.05) is 45.4 Å². The first-order chi connectivity index (χ1) is 9.70. The fourth-order valence-corrected chi connectivity index (χ4v) is 2.43. The maximum Gasteiger partial charge on any atom is 0.310 e. The Balaban J connectivity index is 4.29. The Labute approximate surface area is 125 Å². The third-order valence-corrected chi connectivity index (χ3v) is 3.50. The van der Waals surface area contributed by atoms with Crippen molar-refractivity contribution < 1.29 is 18.9 Å². The van der Waals surface area contributed by atoms with Crippen molar-refractivity contribution in [2.45, 2.75) is 77.8 Å². The van der Waals surface area contributed by atoms with Crippen LogP contribution in [-0.4, -0.2) is 39.5 Å². The number of ether oxygens (including phenoxy) is 4. The molecule has 0 aromatic heterocycles. The van der Waals surface area contributed by atoms with Crippen LogP contribution in [0.1, 0.15) is 65.7 Å². The Morgan fingerprint density at radius 3 is 1.90 bits per heavy atom. The zero-order valence-electron chi connectivity index (χ0n) is 14.1. The summed E-state index contributed by atoms with van der Waals surface area (Å²) >= 11 is 0. The van der Waals surface area contributed by atoms with E-state index in [1.54, 1.807) is 14.2 Å². The van der Waals surface area contributed by atoms with Crippen molar-refractivity contribution in [3.05, 3.63) is 0 Å². The fraction of sp³-hybridized carbons (Fsp3) is 1.00. The molecule has 0 aliphatic rings. The summed E-state index contributed by atoms with van der Waals surface area (Å²) in [6, 6.07) is 0. The lowest BCUT2D eigenvalue weighted by molar-refractivity contribution is -0.401. The minimum Gasteiger partial charge on any atom is -0.370 e. The molecule has 4 nitrogen and oxygen atoms in total. The van der Waals surface area contributed by atoms with Crippen molar-refractivity contribution in [1.82, 2.24) is 0 Å². The standard InChI is InChI=1S/C16H34O4/c1-6-9-10-11-12-13-14-15(19-7-2)16(17-4,18-5)20-8-3/h15H,6-14H2,1-5H3. The van der Waals surface area contributed by atoms with Crippen LogP contribution in [-0.2, 0) is 18.9 Å². The number of hydrogen-bond acceptors (Lipinski definition) is 4. The van der Waals surface area contributed by atoms with Crippen LogP contribution in [0.3, 0.4) is 0 Å². The molecule has 0 heterocycles. The molecule has 0 aromatic carbocycles. The van der Waals surface area contributed by atoms with Crippen molar-refractivity contribution in [2.24, 2.45) is 0 Å². The van der Waals surface area contributed by atoms with Crippen molar-refractivity contribution in [1.29, 1.82) is 0 Å². The van der Waals surface area contributed by atoms with E-state index in [0.29, 0.717) is 13.2 Å². The van der Waals surface area contributed by atoms with Crippen LogP contribution in [0.25, 0.3) is 0 Å². The van der Waals surface area contributed by atoms with Crippen molar-refractivity contribution in [3.8, 4) is 0 Å². The Hall–Kier alpha value is -0.160. The maximum absolute atomic E-state index is 5.79. The van der Waals surface area contributed by atoms with Gasteiger partial charge in [-0.05, 0) is 20.3 Å². The monoisotopic (exact) mass is 290 g/mol. The van der Waals surface area contributed by atoms with E-state index in [2.05, 4.69) is 6.92 Å². The van der Waals surface area contributed by atoms with Crippen LogP contribution in [0.15, 0.2) is 0 Å². The van der Waals surface area contributed by atoms with E-state index in [0.717, 1.165) is 12.8 Å². The Morgan fingerprint density at radius 1 is 0.800 bits per heavy atom. The molecule has 4 heteroatoms. The Morgan fingerprint density at radius 2 is 1.40 bits per heavy atom. The Bertz CT molecular complexity index is 205. The molecule has 0 saturated carbocycles. The van der Waals surface area contributed by atoms with Crippen LogP contribution in [0.5, 0.6) is 0 Å². The summed E-state index contributed by atoms with van der Waals surface area (Å²) in [5, 5.41) is 0. The SMILES string of the molecule is CCCCCCCCC(OCC)C(OC)(OC)OCC. The topological polar surface area (TPSA) is 36.9 Å². The summed E-state index contributed by atoms with van der Waals surface area (Å²) < 4.78 is 22.4. The molecule has 0 spiro atoms. The normalized spacial score (nSPS) is 13.7. The molecule has 0 N–H and O–H groups in total. The lowest BCUT2D eigenvalue weighted by Gasteiger charge is -2.36. The summed E-state index contributed by atoms with van der Waals surface area (Å²) in [6.45, 7) is 7.30. The highest BCUT2D eigenvalue weighted by atomic mass is 16.9. The molecule has 0 amide bonds. The third kappa shape index (κ3) is 7.02. The van der Waals surface area contributed by atoms with Gasteiger partial charge in [0.2, 0.25) is 0 Å². The maximum atomic E-state index is 5.79. The van der Waals surface area contributed by atoms with Crippen LogP contribution in [0, 0.1) is 0 Å². The molecule has 20 heavy (non-hydrogen) atoms. The summed E-state index contributed by atoms with van der Waals surface area (Å²) in [6.07, 6.45) is 8.25. The van der Waals surface area contributed by atoms with E-state index in [1.165, 1.54) is 32.1 Å². The number of rotatable bonds is 14. The molecule has 0 radical (unpaired) electrons. The highest BCUT2D eigenvalue weighted by Gasteiger charge is 2.41. The van der Waals surface area contributed by atoms with E-state index in [4.69, 9.17) is 18.9 Å². The highest BCUT2D eigenvalue weighted by Crippen LogP contribution is 2.26. The van der Waals surface area contributed by atoms with Crippen LogP contribution in [0.2, 0.25) is 0 Å². The first kappa shape index (κ1) is 19.8.